The zero-order valence-electron chi connectivity index (χ0n) is 10.8. The Labute approximate surface area is 111 Å². The first-order chi connectivity index (χ1) is 9.11. The largest absolute Gasteiger partial charge is 0.388 e. The molecule has 1 aliphatic rings. The Balaban J connectivity index is 1.95. The van der Waals surface area contributed by atoms with Crippen LogP contribution in [0.1, 0.15) is 23.7 Å². The molecule has 0 bridgehead atoms. The van der Waals surface area contributed by atoms with Crippen LogP contribution < -0.4 is 5.32 Å². The van der Waals surface area contributed by atoms with Crippen molar-refractivity contribution in [1.29, 1.82) is 0 Å². The summed E-state index contributed by atoms with van der Waals surface area (Å²) in [5.74, 6) is -0.330. The number of nitrogens with zero attached hydrogens (tertiary/aromatic N) is 2. The zero-order chi connectivity index (χ0) is 13.8. The SMILES string of the molecule is CCCn1cc(C(=O)N[C@@H]2COC[C@@H](O)[C@H]2O)cn1. The Hall–Kier alpha value is -1.44. The van der Waals surface area contributed by atoms with Gasteiger partial charge in [0.2, 0.25) is 0 Å². The third-order valence-corrected chi connectivity index (χ3v) is 3.06. The first-order valence-electron chi connectivity index (χ1n) is 6.39. The number of rotatable bonds is 4. The summed E-state index contributed by atoms with van der Waals surface area (Å²) in [5, 5.41) is 25.9. The average molecular weight is 269 g/mol. The maximum absolute atomic E-state index is 12.0. The fraction of sp³-hybridized carbons (Fsp3) is 0.667. The summed E-state index contributed by atoms with van der Waals surface area (Å²) >= 11 is 0. The predicted molar refractivity (Wildman–Crippen MR) is 66.6 cm³/mol. The molecule has 0 saturated carbocycles. The van der Waals surface area contributed by atoms with Crippen LogP contribution in [0.5, 0.6) is 0 Å². The van der Waals surface area contributed by atoms with E-state index in [9.17, 15) is 15.0 Å². The molecule has 2 rings (SSSR count). The van der Waals surface area contributed by atoms with E-state index in [1.165, 1.54) is 6.20 Å². The number of aryl methyl sites for hydroxylation is 1. The molecular formula is C12H19N3O4. The molecule has 1 amide bonds. The molecule has 3 atom stereocenters. The minimum Gasteiger partial charge on any atom is -0.388 e. The van der Waals surface area contributed by atoms with Crippen LogP contribution in [-0.2, 0) is 11.3 Å². The molecule has 0 spiro atoms. The van der Waals surface area contributed by atoms with Crippen molar-refractivity contribution in [3.05, 3.63) is 18.0 Å². The number of hydrogen-bond acceptors (Lipinski definition) is 5. The first kappa shape index (κ1) is 14.0. The van der Waals surface area contributed by atoms with Gasteiger partial charge in [0.15, 0.2) is 0 Å². The fourth-order valence-corrected chi connectivity index (χ4v) is 1.99. The second kappa shape index (κ2) is 6.14. The van der Waals surface area contributed by atoms with E-state index in [0.717, 1.165) is 13.0 Å². The van der Waals surface area contributed by atoms with E-state index in [1.807, 2.05) is 6.92 Å². The average Bonchev–Trinajstić information content (AvgIpc) is 2.84. The molecule has 106 valence electrons. The van der Waals surface area contributed by atoms with Crippen LogP contribution in [0.4, 0.5) is 0 Å². The van der Waals surface area contributed by atoms with Crippen LogP contribution in [0.15, 0.2) is 12.4 Å². The highest BCUT2D eigenvalue weighted by Crippen LogP contribution is 2.09. The summed E-state index contributed by atoms with van der Waals surface area (Å²) in [6.45, 7) is 3.05. The molecule has 7 nitrogen and oxygen atoms in total. The normalized spacial score (nSPS) is 27.2. The van der Waals surface area contributed by atoms with E-state index in [4.69, 9.17) is 4.74 Å². The van der Waals surface area contributed by atoms with Gasteiger partial charge in [0, 0.05) is 12.7 Å². The summed E-state index contributed by atoms with van der Waals surface area (Å²) in [6, 6.07) is -0.606. The van der Waals surface area contributed by atoms with Crippen molar-refractivity contribution in [3.8, 4) is 0 Å². The van der Waals surface area contributed by atoms with Crippen LogP contribution in [0.2, 0.25) is 0 Å². The molecule has 1 aromatic heterocycles. The van der Waals surface area contributed by atoms with Gasteiger partial charge in [-0.2, -0.15) is 5.10 Å². The molecule has 0 unspecified atom stereocenters. The van der Waals surface area contributed by atoms with Crippen molar-refractivity contribution >= 4 is 5.91 Å². The van der Waals surface area contributed by atoms with Gasteiger partial charge in [-0.05, 0) is 6.42 Å². The Kier molecular flexibility index (Phi) is 4.52. The van der Waals surface area contributed by atoms with Crippen LogP contribution in [0.3, 0.4) is 0 Å². The van der Waals surface area contributed by atoms with E-state index in [-0.39, 0.29) is 19.1 Å². The highest BCUT2D eigenvalue weighted by atomic mass is 16.5. The summed E-state index contributed by atoms with van der Waals surface area (Å²) in [5.41, 5.74) is 0.431. The third kappa shape index (κ3) is 3.31. The van der Waals surface area contributed by atoms with Crippen LogP contribution in [0, 0.1) is 0 Å². The number of carbonyl (C=O) groups excluding carboxylic acids is 1. The smallest absolute Gasteiger partial charge is 0.254 e. The highest BCUT2D eigenvalue weighted by Gasteiger charge is 2.32. The van der Waals surface area contributed by atoms with Gasteiger partial charge in [0.05, 0.1) is 31.0 Å². The molecule has 2 heterocycles. The standard InChI is InChI=1S/C12H19N3O4/c1-2-3-15-5-8(4-13-15)12(18)14-9-6-19-7-10(16)11(9)17/h4-5,9-11,16-17H,2-3,6-7H2,1H3,(H,14,18)/t9-,10-,11+/m1/s1. The number of aromatic nitrogens is 2. The summed E-state index contributed by atoms with van der Waals surface area (Å²) in [4.78, 5) is 12.0. The molecule has 1 saturated heterocycles. The molecule has 3 N–H and O–H groups in total. The van der Waals surface area contributed by atoms with Gasteiger partial charge in [-0.1, -0.05) is 6.92 Å². The minimum atomic E-state index is -1.01. The summed E-state index contributed by atoms with van der Waals surface area (Å²) in [7, 11) is 0. The molecule has 1 aliphatic heterocycles. The first-order valence-corrected chi connectivity index (χ1v) is 6.39. The lowest BCUT2D eigenvalue weighted by Crippen LogP contribution is -2.55. The highest BCUT2D eigenvalue weighted by molar-refractivity contribution is 5.93. The van der Waals surface area contributed by atoms with Gasteiger partial charge in [0.1, 0.15) is 12.2 Å². The maximum Gasteiger partial charge on any atom is 0.254 e. The molecule has 0 aromatic carbocycles. The van der Waals surface area contributed by atoms with Crippen molar-refractivity contribution in [2.75, 3.05) is 13.2 Å². The van der Waals surface area contributed by atoms with E-state index >= 15 is 0 Å². The van der Waals surface area contributed by atoms with Crippen molar-refractivity contribution in [2.24, 2.45) is 0 Å². The number of amides is 1. The molecule has 1 aromatic rings. The molecule has 0 radical (unpaired) electrons. The molecule has 19 heavy (non-hydrogen) atoms. The van der Waals surface area contributed by atoms with Gasteiger partial charge in [0.25, 0.3) is 5.91 Å². The molecular weight excluding hydrogens is 250 g/mol. The third-order valence-electron chi connectivity index (χ3n) is 3.06. The molecule has 0 aliphatic carbocycles. The van der Waals surface area contributed by atoms with Crippen molar-refractivity contribution in [1.82, 2.24) is 15.1 Å². The second-order valence-corrected chi connectivity index (χ2v) is 4.67. The van der Waals surface area contributed by atoms with Crippen molar-refractivity contribution in [2.45, 2.75) is 38.1 Å². The number of nitrogens with one attached hydrogen (secondary N) is 1. The van der Waals surface area contributed by atoms with Crippen LogP contribution in [0.25, 0.3) is 0 Å². The number of aliphatic hydroxyl groups excluding tert-OH is 2. The Bertz CT molecular complexity index is 434. The second-order valence-electron chi connectivity index (χ2n) is 4.67. The Morgan fingerprint density at radius 2 is 2.37 bits per heavy atom. The van der Waals surface area contributed by atoms with Gasteiger partial charge < -0.3 is 20.3 Å². The van der Waals surface area contributed by atoms with Crippen LogP contribution in [-0.4, -0.2) is 57.4 Å². The lowest BCUT2D eigenvalue weighted by Gasteiger charge is -2.32. The maximum atomic E-state index is 12.0. The van der Waals surface area contributed by atoms with Gasteiger partial charge in [-0.15, -0.1) is 0 Å². The number of aliphatic hydroxyl groups is 2. The Morgan fingerprint density at radius 3 is 3.11 bits per heavy atom. The van der Waals surface area contributed by atoms with Gasteiger partial charge >= 0.3 is 0 Å². The van der Waals surface area contributed by atoms with Crippen LogP contribution >= 0.6 is 0 Å². The van der Waals surface area contributed by atoms with E-state index in [2.05, 4.69) is 10.4 Å². The monoisotopic (exact) mass is 269 g/mol. The summed E-state index contributed by atoms with van der Waals surface area (Å²) in [6.07, 6.45) is 2.10. The molecule has 7 heteroatoms. The van der Waals surface area contributed by atoms with Crippen molar-refractivity contribution in [3.63, 3.8) is 0 Å². The lowest BCUT2D eigenvalue weighted by molar-refractivity contribution is -0.102. The lowest BCUT2D eigenvalue weighted by atomic mass is 10.0. The van der Waals surface area contributed by atoms with E-state index < -0.39 is 18.2 Å². The van der Waals surface area contributed by atoms with E-state index in [1.54, 1.807) is 10.9 Å². The Morgan fingerprint density at radius 1 is 1.58 bits per heavy atom. The summed E-state index contributed by atoms with van der Waals surface area (Å²) < 4.78 is 6.79. The van der Waals surface area contributed by atoms with Crippen molar-refractivity contribution < 1.29 is 19.7 Å². The predicted octanol–water partition coefficient (Wildman–Crippen LogP) is -0.856. The topological polar surface area (TPSA) is 96.6 Å². The van der Waals surface area contributed by atoms with Gasteiger partial charge in [-0.3, -0.25) is 9.48 Å². The van der Waals surface area contributed by atoms with Gasteiger partial charge in [-0.25, -0.2) is 0 Å². The minimum absolute atomic E-state index is 0.0853. The number of ether oxygens (including phenoxy) is 1. The number of carbonyl (C=O) groups is 1. The van der Waals surface area contributed by atoms with E-state index in [0.29, 0.717) is 5.56 Å². The molecule has 1 fully saturated rings. The number of hydrogen-bond donors (Lipinski definition) is 3. The fourth-order valence-electron chi connectivity index (χ4n) is 1.99. The quantitative estimate of drug-likeness (QED) is 0.661. The zero-order valence-corrected chi connectivity index (χ0v) is 10.8.